The Morgan fingerprint density at radius 1 is 1.05 bits per heavy atom. The lowest BCUT2D eigenvalue weighted by Crippen LogP contribution is -2.25. The zero-order chi connectivity index (χ0) is 14.9. The highest BCUT2D eigenvalue weighted by atomic mass is 16.1. The number of anilines is 2. The van der Waals surface area contributed by atoms with Gasteiger partial charge >= 0.3 is 0 Å². The van der Waals surface area contributed by atoms with Gasteiger partial charge in [-0.1, -0.05) is 38.0 Å². The number of benzene rings is 1. The molecule has 0 saturated heterocycles. The summed E-state index contributed by atoms with van der Waals surface area (Å²) in [6, 6.07) is 13.1. The summed E-state index contributed by atoms with van der Waals surface area (Å²) in [5, 5.41) is 13.9. The topological polar surface area (TPSA) is 66.9 Å². The molecule has 0 bridgehead atoms. The van der Waals surface area contributed by atoms with E-state index in [0.717, 1.165) is 24.9 Å². The number of amides is 1. The van der Waals surface area contributed by atoms with Crippen LogP contribution in [-0.4, -0.2) is 22.6 Å². The molecule has 0 spiro atoms. The van der Waals surface area contributed by atoms with Crippen molar-refractivity contribution in [2.45, 2.75) is 26.2 Å². The van der Waals surface area contributed by atoms with Crippen molar-refractivity contribution in [1.82, 2.24) is 15.5 Å². The van der Waals surface area contributed by atoms with Crippen molar-refractivity contribution in [3.63, 3.8) is 0 Å². The highest BCUT2D eigenvalue weighted by molar-refractivity contribution is 5.92. The minimum absolute atomic E-state index is 0.176. The van der Waals surface area contributed by atoms with Gasteiger partial charge in [-0.25, -0.2) is 0 Å². The Balaban J connectivity index is 1.88. The maximum Gasteiger partial charge on any atom is 0.271 e. The first kappa shape index (κ1) is 15.0. The normalized spacial score (nSPS) is 10.1. The van der Waals surface area contributed by atoms with Gasteiger partial charge in [0.15, 0.2) is 11.5 Å². The van der Waals surface area contributed by atoms with E-state index in [1.54, 1.807) is 12.1 Å². The number of aromatic nitrogens is 2. The molecule has 2 rings (SSSR count). The highest BCUT2D eigenvalue weighted by Gasteiger charge is 2.07. The lowest BCUT2D eigenvalue weighted by atomic mass is 10.2. The van der Waals surface area contributed by atoms with Gasteiger partial charge in [0, 0.05) is 12.2 Å². The van der Waals surface area contributed by atoms with Crippen molar-refractivity contribution < 1.29 is 4.79 Å². The van der Waals surface area contributed by atoms with Crippen LogP contribution in [0.2, 0.25) is 0 Å². The first-order chi connectivity index (χ1) is 10.3. The molecule has 110 valence electrons. The van der Waals surface area contributed by atoms with Crippen molar-refractivity contribution >= 4 is 17.4 Å². The molecule has 5 heteroatoms. The number of nitrogens with zero attached hydrogens (tertiary/aromatic N) is 2. The van der Waals surface area contributed by atoms with Crippen LogP contribution < -0.4 is 10.6 Å². The van der Waals surface area contributed by atoms with Gasteiger partial charge in [-0.05, 0) is 30.7 Å². The van der Waals surface area contributed by atoms with Gasteiger partial charge < -0.3 is 10.6 Å². The zero-order valence-electron chi connectivity index (χ0n) is 12.2. The predicted octanol–water partition coefficient (Wildman–Crippen LogP) is 3.14. The molecule has 1 aromatic carbocycles. The molecule has 0 fully saturated rings. The fourth-order valence-corrected chi connectivity index (χ4v) is 1.86. The Labute approximate surface area is 124 Å². The quantitative estimate of drug-likeness (QED) is 0.766. The molecule has 2 N–H and O–H groups in total. The Kier molecular flexibility index (Phi) is 5.70. The Bertz CT molecular complexity index is 554. The zero-order valence-corrected chi connectivity index (χ0v) is 12.2. The summed E-state index contributed by atoms with van der Waals surface area (Å²) in [4.78, 5) is 11.8. The lowest BCUT2D eigenvalue weighted by molar-refractivity contribution is 0.0947. The third kappa shape index (κ3) is 4.87. The molecule has 2 aromatic rings. The minimum Gasteiger partial charge on any atom is -0.351 e. The van der Waals surface area contributed by atoms with Crippen LogP contribution >= 0.6 is 0 Å². The van der Waals surface area contributed by atoms with Gasteiger partial charge in [-0.15, -0.1) is 10.2 Å². The average molecular weight is 284 g/mol. The molecular formula is C16H20N4O. The second-order valence-electron chi connectivity index (χ2n) is 4.76. The Hall–Kier alpha value is -2.43. The lowest BCUT2D eigenvalue weighted by Gasteiger charge is -2.06. The average Bonchev–Trinajstić information content (AvgIpc) is 2.53. The third-order valence-electron chi connectivity index (χ3n) is 3.01. The third-order valence-corrected chi connectivity index (χ3v) is 3.01. The van der Waals surface area contributed by atoms with Crippen LogP contribution in [0, 0.1) is 0 Å². The van der Waals surface area contributed by atoms with Crippen LogP contribution in [0.3, 0.4) is 0 Å². The number of hydrogen-bond donors (Lipinski definition) is 2. The van der Waals surface area contributed by atoms with E-state index in [1.807, 2.05) is 30.3 Å². The van der Waals surface area contributed by atoms with Crippen molar-refractivity contribution in [2.24, 2.45) is 0 Å². The van der Waals surface area contributed by atoms with E-state index in [0.29, 0.717) is 18.1 Å². The molecule has 1 heterocycles. The van der Waals surface area contributed by atoms with E-state index in [-0.39, 0.29) is 5.91 Å². The molecule has 0 aliphatic carbocycles. The van der Waals surface area contributed by atoms with E-state index < -0.39 is 0 Å². The second kappa shape index (κ2) is 7.99. The summed E-state index contributed by atoms with van der Waals surface area (Å²) < 4.78 is 0. The highest BCUT2D eigenvalue weighted by Crippen LogP contribution is 2.12. The molecule has 0 radical (unpaired) electrons. The van der Waals surface area contributed by atoms with Gasteiger partial charge in [0.2, 0.25) is 0 Å². The molecule has 0 saturated carbocycles. The van der Waals surface area contributed by atoms with Gasteiger partial charge in [-0.2, -0.15) is 0 Å². The number of nitrogens with one attached hydrogen (secondary N) is 2. The molecule has 1 amide bonds. The van der Waals surface area contributed by atoms with E-state index in [4.69, 9.17) is 0 Å². The van der Waals surface area contributed by atoms with E-state index in [2.05, 4.69) is 27.8 Å². The molecule has 0 unspecified atom stereocenters. The largest absolute Gasteiger partial charge is 0.351 e. The van der Waals surface area contributed by atoms with E-state index >= 15 is 0 Å². The number of unbranched alkanes of at least 4 members (excludes halogenated alkanes) is 2. The standard InChI is InChI=1S/C16H20N4O/c1-2-3-7-12-17-16(21)14-10-11-15(20-19-14)18-13-8-5-4-6-9-13/h4-6,8-11H,2-3,7,12H2,1H3,(H,17,21)(H,18,20). The summed E-state index contributed by atoms with van der Waals surface area (Å²) in [5.41, 5.74) is 1.27. The fraction of sp³-hybridized carbons (Fsp3) is 0.312. The van der Waals surface area contributed by atoms with Crippen molar-refractivity contribution in [2.75, 3.05) is 11.9 Å². The SMILES string of the molecule is CCCCCNC(=O)c1ccc(Nc2ccccc2)nn1. The van der Waals surface area contributed by atoms with Crippen LogP contribution in [0.15, 0.2) is 42.5 Å². The molecule has 0 aliphatic rings. The minimum atomic E-state index is -0.176. The van der Waals surface area contributed by atoms with Gasteiger partial charge in [-0.3, -0.25) is 4.79 Å². The van der Waals surface area contributed by atoms with Crippen molar-refractivity contribution in [3.8, 4) is 0 Å². The first-order valence-corrected chi connectivity index (χ1v) is 7.23. The van der Waals surface area contributed by atoms with Gasteiger partial charge in [0.05, 0.1) is 0 Å². The van der Waals surface area contributed by atoms with Crippen LogP contribution in [0.4, 0.5) is 11.5 Å². The summed E-state index contributed by atoms with van der Waals surface area (Å²) in [5.74, 6) is 0.439. The maximum absolute atomic E-state index is 11.8. The summed E-state index contributed by atoms with van der Waals surface area (Å²) in [6.07, 6.45) is 3.24. The molecule has 0 atom stereocenters. The van der Waals surface area contributed by atoms with Crippen LogP contribution in [0.25, 0.3) is 0 Å². The Morgan fingerprint density at radius 3 is 2.52 bits per heavy atom. The molecule has 1 aromatic heterocycles. The van der Waals surface area contributed by atoms with Crippen LogP contribution in [0.1, 0.15) is 36.7 Å². The maximum atomic E-state index is 11.8. The van der Waals surface area contributed by atoms with Crippen LogP contribution in [-0.2, 0) is 0 Å². The van der Waals surface area contributed by atoms with Gasteiger partial charge in [0.25, 0.3) is 5.91 Å². The number of rotatable bonds is 7. The number of hydrogen-bond acceptors (Lipinski definition) is 4. The fourth-order valence-electron chi connectivity index (χ4n) is 1.86. The summed E-state index contributed by atoms with van der Waals surface area (Å²) in [6.45, 7) is 2.81. The van der Waals surface area contributed by atoms with Crippen molar-refractivity contribution in [1.29, 1.82) is 0 Å². The smallest absolute Gasteiger partial charge is 0.271 e. The first-order valence-electron chi connectivity index (χ1n) is 7.23. The Morgan fingerprint density at radius 2 is 1.86 bits per heavy atom. The number of carbonyl (C=O) groups excluding carboxylic acids is 1. The van der Waals surface area contributed by atoms with Gasteiger partial charge in [0.1, 0.15) is 0 Å². The molecule has 0 aliphatic heterocycles. The van der Waals surface area contributed by atoms with E-state index in [9.17, 15) is 4.79 Å². The monoisotopic (exact) mass is 284 g/mol. The van der Waals surface area contributed by atoms with Crippen molar-refractivity contribution in [3.05, 3.63) is 48.2 Å². The van der Waals surface area contributed by atoms with Crippen LogP contribution in [0.5, 0.6) is 0 Å². The molecular weight excluding hydrogens is 264 g/mol. The summed E-state index contributed by atoms with van der Waals surface area (Å²) >= 11 is 0. The number of para-hydroxylation sites is 1. The predicted molar refractivity (Wildman–Crippen MR) is 83.6 cm³/mol. The molecule has 21 heavy (non-hydrogen) atoms. The van der Waals surface area contributed by atoms with E-state index in [1.165, 1.54) is 0 Å². The summed E-state index contributed by atoms with van der Waals surface area (Å²) in [7, 11) is 0. The molecule has 5 nitrogen and oxygen atoms in total. The second-order valence-corrected chi connectivity index (χ2v) is 4.76. The number of carbonyl (C=O) groups is 1.